The van der Waals surface area contributed by atoms with Crippen molar-refractivity contribution in [3.63, 3.8) is 0 Å². The van der Waals surface area contributed by atoms with Crippen LogP contribution in [0.1, 0.15) is 27.3 Å². The highest BCUT2D eigenvalue weighted by Gasteiger charge is 2.26. The Balaban J connectivity index is 2.15. The molecule has 0 saturated carbocycles. The third-order valence-electron chi connectivity index (χ3n) is 4.32. The largest absolute Gasteiger partial charge is 0.355 e. The zero-order chi connectivity index (χ0) is 20.4. The van der Waals surface area contributed by atoms with Crippen molar-refractivity contribution in [3.05, 3.63) is 46.8 Å². The van der Waals surface area contributed by atoms with Crippen LogP contribution in [0.3, 0.4) is 0 Å². The molecule has 148 valence electrons. The van der Waals surface area contributed by atoms with Gasteiger partial charge in [-0.1, -0.05) is 12.1 Å². The van der Waals surface area contributed by atoms with Crippen molar-refractivity contribution in [2.45, 2.75) is 32.0 Å². The summed E-state index contributed by atoms with van der Waals surface area (Å²) in [5, 5.41) is 7.00. The number of carbonyl (C=O) groups excluding carboxylic acids is 1. The molecule has 1 N–H and O–H groups in total. The van der Waals surface area contributed by atoms with Gasteiger partial charge in [0.1, 0.15) is 4.90 Å². The van der Waals surface area contributed by atoms with Crippen LogP contribution in [0.25, 0.3) is 0 Å². The Morgan fingerprint density at radius 2 is 1.74 bits per heavy atom. The van der Waals surface area contributed by atoms with E-state index in [9.17, 15) is 13.2 Å². The third-order valence-corrected chi connectivity index (χ3v) is 6.39. The van der Waals surface area contributed by atoms with E-state index < -0.39 is 10.0 Å². The summed E-state index contributed by atoms with van der Waals surface area (Å²) in [5.41, 5.74) is 2.77. The highest BCUT2D eigenvalue weighted by Crippen LogP contribution is 2.22. The summed E-state index contributed by atoms with van der Waals surface area (Å²) < 4.78 is 27.9. The number of aromatic nitrogens is 2. The second-order valence-electron chi connectivity index (χ2n) is 6.72. The van der Waals surface area contributed by atoms with Gasteiger partial charge in [-0.25, -0.2) is 12.7 Å². The zero-order valence-corrected chi connectivity index (χ0v) is 17.5. The molecule has 0 unspecified atom stereocenters. The van der Waals surface area contributed by atoms with Gasteiger partial charge in [0.05, 0.1) is 18.1 Å². The van der Waals surface area contributed by atoms with Gasteiger partial charge in [-0.2, -0.15) is 5.10 Å². The molecule has 0 atom stereocenters. The number of aryl methyl sites for hydroxylation is 1. The first kappa shape index (κ1) is 21.1. The van der Waals surface area contributed by atoms with Crippen LogP contribution in [-0.2, 0) is 23.2 Å². The first-order chi connectivity index (χ1) is 12.6. The molecule has 1 aromatic carbocycles. The molecule has 1 heterocycles. The Bertz CT molecular complexity index is 917. The second kappa shape index (κ2) is 8.20. The van der Waals surface area contributed by atoms with Crippen LogP contribution in [0.2, 0.25) is 0 Å². The molecule has 0 aliphatic heterocycles. The average Bonchev–Trinajstić information content (AvgIpc) is 2.88. The van der Waals surface area contributed by atoms with Crippen LogP contribution in [0.5, 0.6) is 0 Å². The normalized spacial score (nSPS) is 12.0. The lowest BCUT2D eigenvalue weighted by molar-refractivity contribution is 0.0963. The summed E-state index contributed by atoms with van der Waals surface area (Å²) in [6, 6.07) is 7.38. The second-order valence-corrected chi connectivity index (χ2v) is 8.81. The van der Waals surface area contributed by atoms with Crippen LogP contribution < -0.4 is 5.32 Å². The van der Waals surface area contributed by atoms with Gasteiger partial charge in [-0.15, -0.1) is 0 Å². The number of nitrogens with zero attached hydrogens (tertiary/aromatic N) is 4. The minimum atomic E-state index is -3.53. The molecule has 8 nitrogen and oxygen atoms in total. The molecule has 0 aliphatic rings. The molecule has 2 aromatic rings. The number of sulfonamides is 1. The van der Waals surface area contributed by atoms with E-state index in [1.165, 1.54) is 18.4 Å². The molecule has 0 radical (unpaired) electrons. The van der Waals surface area contributed by atoms with Crippen LogP contribution in [0.4, 0.5) is 0 Å². The monoisotopic (exact) mass is 393 g/mol. The quantitative estimate of drug-likeness (QED) is 0.764. The fourth-order valence-corrected chi connectivity index (χ4v) is 4.13. The number of amides is 1. The molecular formula is C18H27N5O3S. The van der Waals surface area contributed by atoms with Crippen molar-refractivity contribution >= 4 is 15.9 Å². The highest BCUT2D eigenvalue weighted by atomic mass is 32.2. The van der Waals surface area contributed by atoms with E-state index in [4.69, 9.17) is 0 Å². The standard InChI is InChI=1S/C18H27N5O3S/c1-13-17(27(25,26)21(4)5)14(2)23(20-13)12-22(6)11-15-7-9-16(10-8-15)18(24)19-3/h7-10H,11-12H2,1-6H3,(H,19,24). The van der Waals surface area contributed by atoms with Gasteiger partial charge >= 0.3 is 0 Å². The number of nitrogens with one attached hydrogen (secondary N) is 1. The maximum Gasteiger partial charge on any atom is 0.251 e. The van der Waals surface area contributed by atoms with E-state index in [2.05, 4.69) is 10.4 Å². The zero-order valence-electron chi connectivity index (χ0n) is 16.6. The summed E-state index contributed by atoms with van der Waals surface area (Å²) in [5.74, 6) is -0.118. The van der Waals surface area contributed by atoms with Crippen molar-refractivity contribution in [2.24, 2.45) is 0 Å². The Hall–Kier alpha value is -2.23. The lowest BCUT2D eigenvalue weighted by atomic mass is 10.1. The minimum Gasteiger partial charge on any atom is -0.355 e. The molecule has 1 amide bonds. The van der Waals surface area contributed by atoms with E-state index in [0.29, 0.717) is 30.2 Å². The maximum atomic E-state index is 12.5. The van der Waals surface area contributed by atoms with Gasteiger partial charge in [0, 0.05) is 33.3 Å². The maximum absolute atomic E-state index is 12.5. The van der Waals surface area contributed by atoms with Gasteiger partial charge < -0.3 is 5.32 Å². The van der Waals surface area contributed by atoms with Gasteiger partial charge in [0.15, 0.2) is 0 Å². The number of rotatable bonds is 7. The average molecular weight is 394 g/mol. The summed E-state index contributed by atoms with van der Waals surface area (Å²) in [4.78, 5) is 13.9. The van der Waals surface area contributed by atoms with Gasteiger partial charge in [0.25, 0.3) is 5.91 Å². The minimum absolute atomic E-state index is 0.118. The topological polar surface area (TPSA) is 87.5 Å². The Kier molecular flexibility index (Phi) is 6.40. The lowest BCUT2D eigenvalue weighted by Crippen LogP contribution is -2.25. The molecule has 0 saturated heterocycles. The molecule has 2 rings (SSSR count). The Morgan fingerprint density at radius 1 is 1.15 bits per heavy atom. The smallest absolute Gasteiger partial charge is 0.251 e. The summed E-state index contributed by atoms with van der Waals surface area (Å²) in [6.45, 7) is 4.56. The van der Waals surface area contributed by atoms with Gasteiger partial charge in [-0.3, -0.25) is 14.4 Å². The van der Waals surface area contributed by atoms with Crippen molar-refractivity contribution in [1.82, 2.24) is 24.3 Å². The number of carbonyl (C=O) groups is 1. The van der Waals surface area contributed by atoms with Crippen molar-refractivity contribution in [1.29, 1.82) is 0 Å². The van der Waals surface area contributed by atoms with Crippen LogP contribution in [-0.4, -0.2) is 61.5 Å². The first-order valence-corrected chi connectivity index (χ1v) is 9.98. The van der Waals surface area contributed by atoms with Crippen molar-refractivity contribution in [2.75, 3.05) is 28.2 Å². The first-order valence-electron chi connectivity index (χ1n) is 8.54. The molecule has 1 aromatic heterocycles. The van der Waals surface area contributed by atoms with Crippen LogP contribution in [0, 0.1) is 13.8 Å². The Morgan fingerprint density at radius 3 is 2.26 bits per heavy atom. The van der Waals surface area contributed by atoms with Crippen LogP contribution in [0.15, 0.2) is 29.2 Å². The fourth-order valence-electron chi connectivity index (χ4n) is 2.87. The van der Waals surface area contributed by atoms with Crippen molar-refractivity contribution in [3.8, 4) is 0 Å². The number of hydrogen-bond acceptors (Lipinski definition) is 5. The number of benzene rings is 1. The van der Waals surface area contributed by atoms with Crippen molar-refractivity contribution < 1.29 is 13.2 Å². The van der Waals surface area contributed by atoms with E-state index in [1.807, 2.05) is 24.1 Å². The van der Waals surface area contributed by atoms with E-state index >= 15 is 0 Å². The van der Waals surface area contributed by atoms with E-state index in [1.54, 1.807) is 37.7 Å². The van der Waals surface area contributed by atoms with E-state index in [0.717, 1.165) is 5.56 Å². The molecule has 0 aliphatic carbocycles. The predicted molar refractivity (Wildman–Crippen MR) is 104 cm³/mol. The number of hydrogen-bond donors (Lipinski definition) is 1. The molecule has 9 heteroatoms. The Labute approximate surface area is 160 Å². The summed E-state index contributed by atoms with van der Waals surface area (Å²) in [6.07, 6.45) is 0. The van der Waals surface area contributed by atoms with E-state index in [-0.39, 0.29) is 10.8 Å². The molecule has 27 heavy (non-hydrogen) atoms. The molecule has 0 fully saturated rings. The molecule has 0 spiro atoms. The highest BCUT2D eigenvalue weighted by molar-refractivity contribution is 7.89. The fraction of sp³-hybridized carbons (Fsp3) is 0.444. The molecule has 0 bridgehead atoms. The van der Waals surface area contributed by atoms with Gasteiger partial charge in [0.2, 0.25) is 10.0 Å². The predicted octanol–water partition coefficient (Wildman–Crippen LogP) is 1.20. The summed E-state index contributed by atoms with van der Waals surface area (Å²) in [7, 11) is 3.03. The summed E-state index contributed by atoms with van der Waals surface area (Å²) >= 11 is 0. The SMILES string of the molecule is CNC(=O)c1ccc(CN(C)Cn2nc(C)c(S(=O)(=O)N(C)C)c2C)cc1. The lowest BCUT2D eigenvalue weighted by Gasteiger charge is -2.18. The van der Waals surface area contributed by atoms with Gasteiger partial charge in [-0.05, 0) is 38.6 Å². The van der Waals surface area contributed by atoms with Crippen LogP contribution >= 0.6 is 0 Å². The molecular weight excluding hydrogens is 366 g/mol. The third kappa shape index (κ3) is 4.55.